The zero-order valence-corrected chi connectivity index (χ0v) is 7.49. The van der Waals surface area contributed by atoms with Crippen LogP contribution in [-0.4, -0.2) is 5.78 Å². The Labute approximate surface area is 63.1 Å². The van der Waals surface area contributed by atoms with Gasteiger partial charge in [-0.2, -0.15) is 0 Å². The van der Waals surface area contributed by atoms with Gasteiger partial charge in [-0.05, 0) is 32.3 Å². The van der Waals surface area contributed by atoms with Gasteiger partial charge in [-0.1, -0.05) is 19.4 Å². The molecule has 0 bridgehead atoms. The van der Waals surface area contributed by atoms with Gasteiger partial charge in [0.1, 0.15) is 0 Å². The first-order valence-electron chi connectivity index (χ1n) is 3.65. The number of hydrogen-bond donors (Lipinski definition) is 0. The lowest BCUT2D eigenvalue weighted by Crippen LogP contribution is -2.00. The summed E-state index contributed by atoms with van der Waals surface area (Å²) in [5.74, 6) is 0.676. The zero-order valence-electron chi connectivity index (χ0n) is 7.49. The van der Waals surface area contributed by atoms with Gasteiger partial charge >= 0.3 is 0 Å². The Kier molecular flexibility index (Phi) is 3.34. The van der Waals surface area contributed by atoms with Crippen molar-refractivity contribution >= 4 is 5.78 Å². The zero-order chi connectivity index (χ0) is 8.31. The molecule has 1 nitrogen and oxygen atoms in total. The van der Waals surface area contributed by atoms with Gasteiger partial charge in [-0.25, -0.2) is 0 Å². The number of Topliss-reactive ketones (excluding diaryl/α,β-unsaturated/α-hetero) is 1. The molecule has 0 aromatic rings. The van der Waals surface area contributed by atoms with Crippen LogP contribution >= 0.6 is 0 Å². The highest BCUT2D eigenvalue weighted by Gasteiger charge is 2.04. The molecule has 0 atom stereocenters. The van der Waals surface area contributed by atoms with Gasteiger partial charge in [0.15, 0.2) is 5.78 Å². The summed E-state index contributed by atoms with van der Waals surface area (Å²) in [5, 5.41) is 0. The van der Waals surface area contributed by atoms with Crippen LogP contribution in [0.4, 0.5) is 0 Å². The standard InChI is InChI=1S/C9H16O/c1-6(2)7(3)8(4)9(5)10/h6H,1-5H3. The van der Waals surface area contributed by atoms with E-state index in [1.54, 1.807) is 6.92 Å². The highest BCUT2D eigenvalue weighted by atomic mass is 16.1. The Balaban J connectivity index is 4.50. The topological polar surface area (TPSA) is 17.1 Å². The molecule has 0 aliphatic carbocycles. The molecule has 10 heavy (non-hydrogen) atoms. The molecular formula is C9H16O. The molecule has 0 aliphatic rings. The quantitative estimate of drug-likeness (QED) is 0.539. The molecule has 0 amide bonds. The predicted molar refractivity (Wildman–Crippen MR) is 43.9 cm³/mol. The Bertz CT molecular complexity index is 164. The van der Waals surface area contributed by atoms with Crippen molar-refractivity contribution < 1.29 is 4.79 Å². The van der Waals surface area contributed by atoms with Crippen LogP contribution in [0.1, 0.15) is 34.6 Å². The van der Waals surface area contributed by atoms with E-state index in [2.05, 4.69) is 13.8 Å². The summed E-state index contributed by atoms with van der Waals surface area (Å²) in [6.07, 6.45) is 0. The number of hydrogen-bond acceptors (Lipinski definition) is 1. The Morgan fingerprint density at radius 2 is 1.50 bits per heavy atom. The van der Waals surface area contributed by atoms with Crippen LogP contribution < -0.4 is 0 Å². The number of rotatable bonds is 2. The van der Waals surface area contributed by atoms with Crippen molar-refractivity contribution in [1.82, 2.24) is 0 Å². The predicted octanol–water partition coefficient (Wildman–Crippen LogP) is 2.57. The summed E-state index contributed by atoms with van der Waals surface area (Å²) in [7, 11) is 0. The van der Waals surface area contributed by atoms with Crippen molar-refractivity contribution in [2.75, 3.05) is 0 Å². The van der Waals surface area contributed by atoms with Gasteiger partial charge < -0.3 is 0 Å². The maximum atomic E-state index is 10.8. The van der Waals surface area contributed by atoms with Gasteiger partial charge in [0.25, 0.3) is 0 Å². The van der Waals surface area contributed by atoms with Gasteiger partial charge in [-0.15, -0.1) is 0 Å². The molecule has 0 rings (SSSR count). The van der Waals surface area contributed by atoms with E-state index >= 15 is 0 Å². The summed E-state index contributed by atoms with van der Waals surface area (Å²) in [6, 6.07) is 0. The lowest BCUT2D eigenvalue weighted by molar-refractivity contribution is -0.113. The fourth-order valence-electron chi connectivity index (χ4n) is 0.711. The minimum absolute atomic E-state index is 0.186. The van der Waals surface area contributed by atoms with E-state index in [0.29, 0.717) is 5.92 Å². The molecule has 0 radical (unpaired) electrons. The van der Waals surface area contributed by atoms with E-state index in [1.165, 1.54) is 5.57 Å². The number of carbonyl (C=O) groups excluding carboxylic acids is 1. The van der Waals surface area contributed by atoms with Gasteiger partial charge in [0.05, 0.1) is 0 Å². The highest BCUT2D eigenvalue weighted by Crippen LogP contribution is 2.13. The molecule has 0 unspecified atom stereocenters. The molecule has 0 fully saturated rings. The summed E-state index contributed by atoms with van der Waals surface area (Å²) >= 11 is 0. The lowest BCUT2D eigenvalue weighted by Gasteiger charge is -2.07. The van der Waals surface area contributed by atoms with Crippen molar-refractivity contribution in [2.45, 2.75) is 34.6 Å². The minimum Gasteiger partial charge on any atom is -0.295 e. The third kappa shape index (κ3) is 2.34. The van der Waals surface area contributed by atoms with Crippen LogP contribution in [0.5, 0.6) is 0 Å². The second kappa shape index (κ2) is 3.55. The second-order valence-corrected chi connectivity index (χ2v) is 3.02. The van der Waals surface area contributed by atoms with Gasteiger partial charge in [-0.3, -0.25) is 4.79 Å². The average molecular weight is 140 g/mol. The van der Waals surface area contributed by atoms with Crippen molar-refractivity contribution in [2.24, 2.45) is 5.92 Å². The third-order valence-electron chi connectivity index (χ3n) is 1.99. The largest absolute Gasteiger partial charge is 0.295 e. The van der Waals surface area contributed by atoms with Crippen molar-refractivity contribution in [1.29, 1.82) is 0 Å². The van der Waals surface area contributed by atoms with Crippen LogP contribution in [0, 0.1) is 5.92 Å². The molecular weight excluding hydrogens is 124 g/mol. The summed E-state index contributed by atoms with van der Waals surface area (Å²) in [6.45, 7) is 9.71. The van der Waals surface area contributed by atoms with E-state index in [4.69, 9.17) is 0 Å². The molecule has 0 spiro atoms. The van der Waals surface area contributed by atoms with E-state index in [1.807, 2.05) is 13.8 Å². The molecule has 0 aromatic carbocycles. The first-order valence-corrected chi connectivity index (χ1v) is 3.65. The molecule has 0 heterocycles. The second-order valence-electron chi connectivity index (χ2n) is 3.02. The summed E-state index contributed by atoms with van der Waals surface area (Å²) in [5.41, 5.74) is 2.11. The smallest absolute Gasteiger partial charge is 0.155 e. The summed E-state index contributed by atoms with van der Waals surface area (Å²) < 4.78 is 0. The maximum Gasteiger partial charge on any atom is 0.155 e. The number of allylic oxidation sites excluding steroid dienone is 2. The van der Waals surface area contributed by atoms with Gasteiger partial charge in [0.2, 0.25) is 0 Å². The molecule has 0 N–H and O–H groups in total. The fourth-order valence-corrected chi connectivity index (χ4v) is 0.711. The molecule has 1 heteroatoms. The Morgan fingerprint density at radius 3 is 1.60 bits per heavy atom. The molecule has 58 valence electrons. The van der Waals surface area contributed by atoms with E-state index in [9.17, 15) is 4.79 Å². The molecule has 0 saturated carbocycles. The van der Waals surface area contributed by atoms with Crippen molar-refractivity contribution in [3.63, 3.8) is 0 Å². The summed E-state index contributed by atoms with van der Waals surface area (Å²) in [4.78, 5) is 10.8. The van der Waals surface area contributed by atoms with E-state index < -0.39 is 0 Å². The lowest BCUT2D eigenvalue weighted by atomic mass is 9.98. The van der Waals surface area contributed by atoms with Crippen LogP contribution in [0.2, 0.25) is 0 Å². The highest BCUT2D eigenvalue weighted by molar-refractivity contribution is 5.93. The molecule has 0 saturated heterocycles. The van der Waals surface area contributed by atoms with Crippen LogP contribution in [0.15, 0.2) is 11.1 Å². The van der Waals surface area contributed by atoms with Crippen LogP contribution in [0.3, 0.4) is 0 Å². The fraction of sp³-hybridized carbons (Fsp3) is 0.667. The van der Waals surface area contributed by atoms with E-state index in [0.717, 1.165) is 5.57 Å². The SMILES string of the molecule is CC(=O)C(C)=C(C)C(C)C. The molecule has 0 aromatic heterocycles. The van der Waals surface area contributed by atoms with Gasteiger partial charge in [0, 0.05) is 0 Å². The monoisotopic (exact) mass is 140 g/mol. The van der Waals surface area contributed by atoms with Crippen molar-refractivity contribution in [3.05, 3.63) is 11.1 Å². The number of carbonyl (C=O) groups is 1. The Morgan fingerprint density at radius 1 is 1.10 bits per heavy atom. The minimum atomic E-state index is 0.186. The normalized spacial score (nSPS) is 13.4. The van der Waals surface area contributed by atoms with E-state index in [-0.39, 0.29) is 5.78 Å². The van der Waals surface area contributed by atoms with Crippen LogP contribution in [-0.2, 0) is 4.79 Å². The first-order chi connectivity index (χ1) is 4.46. The van der Waals surface area contributed by atoms with Crippen molar-refractivity contribution in [3.8, 4) is 0 Å². The number of ketones is 1. The Hall–Kier alpha value is -0.590. The molecule has 0 aliphatic heterocycles. The third-order valence-corrected chi connectivity index (χ3v) is 1.99. The van der Waals surface area contributed by atoms with Crippen LogP contribution in [0.25, 0.3) is 0 Å². The average Bonchev–Trinajstić information content (AvgIpc) is 1.84. The first kappa shape index (κ1) is 9.41. The maximum absolute atomic E-state index is 10.8.